The molecule has 6 nitrogen and oxygen atoms in total. The SMILES string of the molecule is COC(=O)c1cc(NCC(C)(O)CO)cc(C)c1N. The number of aliphatic hydroxyl groups is 2. The molecule has 0 saturated carbocycles. The summed E-state index contributed by atoms with van der Waals surface area (Å²) in [4.78, 5) is 11.6. The first-order valence-electron chi connectivity index (χ1n) is 5.86. The molecule has 0 heterocycles. The van der Waals surface area contributed by atoms with E-state index in [4.69, 9.17) is 10.8 Å². The van der Waals surface area contributed by atoms with Crippen LogP contribution in [0.2, 0.25) is 0 Å². The van der Waals surface area contributed by atoms with E-state index >= 15 is 0 Å². The molecule has 6 heteroatoms. The number of aliphatic hydroxyl groups excluding tert-OH is 1. The number of benzene rings is 1. The molecule has 0 saturated heterocycles. The smallest absolute Gasteiger partial charge is 0.340 e. The molecule has 0 aliphatic carbocycles. The van der Waals surface area contributed by atoms with Gasteiger partial charge in [-0.3, -0.25) is 0 Å². The lowest BCUT2D eigenvalue weighted by atomic mass is 10.1. The Bertz CT molecular complexity index is 472. The van der Waals surface area contributed by atoms with Crippen molar-refractivity contribution in [3.63, 3.8) is 0 Å². The predicted octanol–water partition coefficient (Wildman–Crippen LogP) is 0.519. The van der Waals surface area contributed by atoms with E-state index in [0.29, 0.717) is 11.4 Å². The summed E-state index contributed by atoms with van der Waals surface area (Å²) in [6, 6.07) is 3.32. The molecular weight excluding hydrogens is 248 g/mol. The zero-order valence-electron chi connectivity index (χ0n) is 11.4. The fraction of sp³-hybridized carbons (Fsp3) is 0.462. The van der Waals surface area contributed by atoms with Crippen molar-refractivity contribution in [3.8, 4) is 0 Å². The van der Waals surface area contributed by atoms with Crippen molar-refractivity contribution in [1.29, 1.82) is 0 Å². The number of hydrogen-bond acceptors (Lipinski definition) is 6. The maximum Gasteiger partial charge on any atom is 0.340 e. The topological polar surface area (TPSA) is 105 Å². The number of nitrogens with two attached hydrogens (primary N) is 1. The molecule has 0 radical (unpaired) electrons. The summed E-state index contributed by atoms with van der Waals surface area (Å²) in [5.74, 6) is -0.516. The van der Waals surface area contributed by atoms with Crippen molar-refractivity contribution >= 4 is 17.3 Å². The number of carbonyl (C=O) groups excluding carboxylic acids is 1. The highest BCUT2D eigenvalue weighted by Gasteiger charge is 2.19. The highest BCUT2D eigenvalue weighted by Crippen LogP contribution is 2.23. The number of hydrogen-bond donors (Lipinski definition) is 4. The Morgan fingerprint density at radius 3 is 2.68 bits per heavy atom. The van der Waals surface area contributed by atoms with Crippen LogP contribution < -0.4 is 11.1 Å². The van der Waals surface area contributed by atoms with Gasteiger partial charge >= 0.3 is 5.97 Å². The molecule has 0 aromatic heterocycles. The Morgan fingerprint density at radius 1 is 1.53 bits per heavy atom. The average Bonchev–Trinajstić information content (AvgIpc) is 2.39. The number of ether oxygens (including phenoxy) is 1. The molecule has 0 amide bonds. The van der Waals surface area contributed by atoms with Crippen LogP contribution in [-0.4, -0.2) is 42.0 Å². The van der Waals surface area contributed by atoms with Gasteiger partial charge in [0.1, 0.15) is 5.60 Å². The summed E-state index contributed by atoms with van der Waals surface area (Å²) < 4.78 is 4.66. The Morgan fingerprint density at radius 2 is 2.16 bits per heavy atom. The molecule has 5 N–H and O–H groups in total. The predicted molar refractivity (Wildman–Crippen MR) is 73.1 cm³/mol. The maximum atomic E-state index is 11.6. The molecule has 19 heavy (non-hydrogen) atoms. The van der Waals surface area contributed by atoms with E-state index in [2.05, 4.69) is 10.1 Å². The van der Waals surface area contributed by atoms with Gasteiger partial charge in [-0.15, -0.1) is 0 Å². The number of nitrogen functional groups attached to an aromatic ring is 1. The number of anilines is 2. The van der Waals surface area contributed by atoms with Crippen molar-refractivity contribution in [2.45, 2.75) is 19.4 Å². The molecule has 0 aliphatic rings. The molecule has 1 atom stereocenters. The molecule has 106 valence electrons. The minimum absolute atomic E-state index is 0.146. The highest BCUT2D eigenvalue weighted by atomic mass is 16.5. The molecule has 0 bridgehead atoms. The van der Waals surface area contributed by atoms with Crippen LogP contribution in [0.25, 0.3) is 0 Å². The molecular formula is C13H20N2O4. The summed E-state index contributed by atoms with van der Waals surface area (Å²) in [6.07, 6.45) is 0. The molecule has 1 rings (SSSR count). The fourth-order valence-corrected chi connectivity index (χ4v) is 1.53. The van der Waals surface area contributed by atoms with Crippen molar-refractivity contribution in [2.24, 2.45) is 0 Å². The third kappa shape index (κ3) is 3.84. The Kier molecular flexibility index (Phi) is 4.74. The van der Waals surface area contributed by atoms with Crippen LogP contribution in [0.5, 0.6) is 0 Å². The van der Waals surface area contributed by atoms with E-state index in [9.17, 15) is 9.90 Å². The van der Waals surface area contributed by atoms with Gasteiger partial charge in [0, 0.05) is 17.9 Å². The summed E-state index contributed by atoms with van der Waals surface area (Å²) in [5, 5.41) is 21.6. The van der Waals surface area contributed by atoms with Gasteiger partial charge in [-0.05, 0) is 31.5 Å². The quantitative estimate of drug-likeness (QED) is 0.458. The average molecular weight is 268 g/mol. The van der Waals surface area contributed by atoms with Gasteiger partial charge < -0.3 is 26.0 Å². The Balaban J connectivity index is 2.98. The van der Waals surface area contributed by atoms with Crippen LogP contribution >= 0.6 is 0 Å². The third-order valence-electron chi connectivity index (χ3n) is 2.81. The Labute approximate surface area is 112 Å². The van der Waals surface area contributed by atoms with Gasteiger partial charge in [0.2, 0.25) is 0 Å². The maximum absolute atomic E-state index is 11.6. The Hall–Kier alpha value is -1.79. The van der Waals surface area contributed by atoms with E-state index in [1.807, 2.05) is 0 Å². The zero-order chi connectivity index (χ0) is 14.6. The largest absolute Gasteiger partial charge is 0.465 e. The lowest BCUT2D eigenvalue weighted by Gasteiger charge is -2.22. The zero-order valence-corrected chi connectivity index (χ0v) is 11.4. The molecule has 1 aromatic rings. The van der Waals surface area contributed by atoms with Crippen molar-refractivity contribution in [3.05, 3.63) is 23.3 Å². The van der Waals surface area contributed by atoms with Crippen LogP contribution in [-0.2, 0) is 4.74 Å². The van der Waals surface area contributed by atoms with Gasteiger partial charge in [0.25, 0.3) is 0 Å². The standard InChI is InChI=1S/C13H20N2O4/c1-8-4-9(15-6-13(2,18)7-16)5-10(11(8)14)12(17)19-3/h4-5,15-16,18H,6-7,14H2,1-3H3. The number of methoxy groups -OCH3 is 1. The van der Waals surface area contributed by atoms with Gasteiger partial charge in [0.05, 0.1) is 19.3 Å². The molecule has 0 spiro atoms. The van der Waals surface area contributed by atoms with Gasteiger partial charge in [-0.1, -0.05) is 0 Å². The van der Waals surface area contributed by atoms with Crippen LogP contribution in [0.3, 0.4) is 0 Å². The second kappa shape index (κ2) is 5.90. The van der Waals surface area contributed by atoms with Crippen LogP contribution in [0, 0.1) is 6.92 Å². The number of nitrogens with one attached hydrogen (secondary N) is 1. The van der Waals surface area contributed by atoms with Gasteiger partial charge in [-0.2, -0.15) is 0 Å². The second-order valence-corrected chi connectivity index (χ2v) is 4.75. The monoisotopic (exact) mass is 268 g/mol. The van der Waals surface area contributed by atoms with Gasteiger partial charge in [0.15, 0.2) is 0 Å². The summed E-state index contributed by atoms with van der Waals surface area (Å²) in [5.41, 5.74) is 6.58. The summed E-state index contributed by atoms with van der Waals surface area (Å²) in [7, 11) is 1.29. The first-order chi connectivity index (χ1) is 8.80. The molecule has 1 unspecified atom stereocenters. The molecule has 0 aliphatic heterocycles. The normalized spacial score (nSPS) is 13.7. The first-order valence-corrected chi connectivity index (χ1v) is 5.86. The van der Waals surface area contributed by atoms with E-state index < -0.39 is 11.6 Å². The van der Waals surface area contributed by atoms with E-state index in [1.54, 1.807) is 19.1 Å². The highest BCUT2D eigenvalue weighted by molar-refractivity contribution is 5.97. The molecule has 0 fully saturated rings. The van der Waals surface area contributed by atoms with Gasteiger partial charge in [-0.25, -0.2) is 4.79 Å². The lowest BCUT2D eigenvalue weighted by molar-refractivity contribution is 0.0132. The minimum atomic E-state index is -1.24. The fourth-order valence-electron chi connectivity index (χ4n) is 1.53. The summed E-state index contributed by atoms with van der Waals surface area (Å²) >= 11 is 0. The summed E-state index contributed by atoms with van der Waals surface area (Å²) in [6.45, 7) is 3.06. The number of aryl methyl sites for hydroxylation is 1. The van der Waals surface area contributed by atoms with Crippen molar-refractivity contribution < 1.29 is 19.7 Å². The van der Waals surface area contributed by atoms with E-state index in [1.165, 1.54) is 14.0 Å². The minimum Gasteiger partial charge on any atom is -0.465 e. The van der Waals surface area contributed by atoms with Crippen LogP contribution in [0.15, 0.2) is 12.1 Å². The van der Waals surface area contributed by atoms with Crippen LogP contribution in [0.1, 0.15) is 22.8 Å². The lowest BCUT2D eigenvalue weighted by Crippen LogP contribution is -2.37. The first kappa shape index (κ1) is 15.3. The molecule has 1 aromatic carbocycles. The number of carbonyl (C=O) groups is 1. The van der Waals surface area contributed by atoms with E-state index in [-0.39, 0.29) is 18.7 Å². The second-order valence-electron chi connectivity index (χ2n) is 4.75. The van der Waals surface area contributed by atoms with Crippen molar-refractivity contribution in [1.82, 2.24) is 0 Å². The third-order valence-corrected chi connectivity index (χ3v) is 2.81. The number of rotatable bonds is 5. The number of esters is 1. The van der Waals surface area contributed by atoms with Crippen molar-refractivity contribution in [2.75, 3.05) is 31.3 Å². The van der Waals surface area contributed by atoms with Crippen LogP contribution in [0.4, 0.5) is 11.4 Å². The van der Waals surface area contributed by atoms with E-state index in [0.717, 1.165) is 5.56 Å².